The molecule has 1 saturated heterocycles. The molecule has 0 spiro atoms. The van der Waals surface area contributed by atoms with Crippen LogP contribution in [0.15, 0.2) is 10.7 Å². The minimum atomic E-state index is -0.0824. The van der Waals surface area contributed by atoms with Crippen LogP contribution in [0.3, 0.4) is 0 Å². The molecule has 2 rings (SSSR count). The molecule has 1 aromatic rings. The van der Waals surface area contributed by atoms with Crippen molar-refractivity contribution in [3.8, 4) is 0 Å². The van der Waals surface area contributed by atoms with Crippen molar-refractivity contribution in [3.63, 3.8) is 0 Å². The Labute approximate surface area is 95.0 Å². The van der Waals surface area contributed by atoms with Crippen LogP contribution in [-0.4, -0.2) is 35.9 Å². The zero-order valence-corrected chi connectivity index (χ0v) is 9.56. The molecule has 1 aliphatic rings. The summed E-state index contributed by atoms with van der Waals surface area (Å²) in [4.78, 5) is 6.23. The number of hydrogen-bond acceptors (Lipinski definition) is 5. The molecule has 0 bridgehead atoms. The molecule has 2 heterocycles. The summed E-state index contributed by atoms with van der Waals surface area (Å²) < 4.78 is 10.9. The Bertz CT molecular complexity index is 321. The van der Waals surface area contributed by atoms with Gasteiger partial charge in [0.25, 0.3) is 6.01 Å². The second-order valence-electron chi connectivity index (χ2n) is 3.95. The van der Waals surface area contributed by atoms with Gasteiger partial charge in [-0.25, -0.2) is 0 Å². The molecule has 1 aromatic heterocycles. The summed E-state index contributed by atoms with van der Waals surface area (Å²) in [6.45, 7) is 4.46. The van der Waals surface area contributed by atoms with E-state index in [9.17, 15) is 0 Å². The zero-order valence-electron chi connectivity index (χ0n) is 9.56. The van der Waals surface area contributed by atoms with Crippen molar-refractivity contribution in [2.24, 2.45) is 0 Å². The fourth-order valence-corrected chi connectivity index (χ4v) is 1.89. The van der Waals surface area contributed by atoms with E-state index in [1.807, 2.05) is 4.90 Å². The molecule has 0 saturated carbocycles. The molecule has 0 aromatic carbocycles. The molecular weight excluding hydrogens is 208 g/mol. The van der Waals surface area contributed by atoms with Crippen molar-refractivity contribution in [1.29, 1.82) is 0 Å². The molecule has 90 valence electrons. The molecule has 5 nitrogen and oxygen atoms in total. The molecule has 1 atom stereocenters. The van der Waals surface area contributed by atoms with Crippen molar-refractivity contribution in [1.82, 2.24) is 4.98 Å². The topological polar surface area (TPSA) is 58.7 Å². The zero-order chi connectivity index (χ0) is 11.4. The maximum absolute atomic E-state index is 8.92. The van der Waals surface area contributed by atoms with Crippen LogP contribution in [0.1, 0.15) is 25.5 Å². The Morgan fingerprint density at radius 1 is 1.62 bits per heavy atom. The largest absolute Gasteiger partial charge is 0.432 e. The van der Waals surface area contributed by atoms with Gasteiger partial charge in [-0.15, -0.1) is 0 Å². The number of oxazole rings is 1. The number of likely N-dealkylation sites (N-methyl/N-ethyl adjacent to an activating group) is 1. The van der Waals surface area contributed by atoms with Crippen molar-refractivity contribution in [2.45, 2.75) is 32.5 Å². The average molecular weight is 226 g/mol. The predicted molar refractivity (Wildman–Crippen MR) is 59.3 cm³/mol. The summed E-state index contributed by atoms with van der Waals surface area (Å²) in [6, 6.07) is 0.571. The number of ether oxygens (including phenoxy) is 1. The normalized spacial score (nSPS) is 20.2. The first-order chi connectivity index (χ1) is 7.83. The number of anilines is 1. The summed E-state index contributed by atoms with van der Waals surface area (Å²) in [5, 5.41) is 8.92. The minimum Gasteiger partial charge on any atom is -0.432 e. The Morgan fingerprint density at radius 3 is 3.06 bits per heavy atom. The van der Waals surface area contributed by atoms with E-state index in [0.717, 1.165) is 32.5 Å². The maximum atomic E-state index is 8.92. The quantitative estimate of drug-likeness (QED) is 0.816. The number of rotatable bonds is 5. The van der Waals surface area contributed by atoms with Gasteiger partial charge in [0.1, 0.15) is 12.0 Å². The van der Waals surface area contributed by atoms with Crippen LogP contribution in [0, 0.1) is 0 Å². The van der Waals surface area contributed by atoms with Crippen LogP contribution in [0.4, 0.5) is 6.01 Å². The first-order valence-electron chi connectivity index (χ1n) is 5.75. The standard InChI is InChI=1S/C11H18N2O3/c1-2-13(6-10-4-3-5-15-10)11-12-9(7-14)8-16-11/h8,10,14H,2-7H2,1H3. The lowest BCUT2D eigenvalue weighted by molar-refractivity contribution is 0.115. The lowest BCUT2D eigenvalue weighted by Gasteiger charge is -2.21. The van der Waals surface area contributed by atoms with Gasteiger partial charge in [0, 0.05) is 19.7 Å². The van der Waals surface area contributed by atoms with E-state index < -0.39 is 0 Å². The summed E-state index contributed by atoms with van der Waals surface area (Å²) in [6.07, 6.45) is 4.01. The number of aliphatic hydroxyl groups excluding tert-OH is 1. The smallest absolute Gasteiger partial charge is 0.297 e. The second kappa shape index (κ2) is 5.32. The monoisotopic (exact) mass is 226 g/mol. The Hall–Kier alpha value is -1.07. The van der Waals surface area contributed by atoms with Crippen LogP contribution >= 0.6 is 0 Å². The molecule has 5 heteroatoms. The molecule has 0 aliphatic carbocycles. The van der Waals surface area contributed by atoms with Gasteiger partial charge in [0.2, 0.25) is 0 Å². The van der Waals surface area contributed by atoms with E-state index in [1.165, 1.54) is 6.26 Å². The van der Waals surface area contributed by atoms with E-state index in [4.69, 9.17) is 14.3 Å². The molecule has 0 amide bonds. The van der Waals surface area contributed by atoms with Crippen LogP contribution in [0.25, 0.3) is 0 Å². The lowest BCUT2D eigenvalue weighted by Crippen LogP contribution is -2.32. The second-order valence-corrected chi connectivity index (χ2v) is 3.95. The Kier molecular flexibility index (Phi) is 3.79. The van der Waals surface area contributed by atoms with Crippen LogP contribution in [-0.2, 0) is 11.3 Å². The van der Waals surface area contributed by atoms with Crippen molar-refractivity contribution < 1.29 is 14.3 Å². The van der Waals surface area contributed by atoms with Gasteiger partial charge in [-0.2, -0.15) is 4.98 Å². The van der Waals surface area contributed by atoms with Crippen LogP contribution in [0.2, 0.25) is 0 Å². The van der Waals surface area contributed by atoms with Crippen molar-refractivity contribution in [2.75, 3.05) is 24.6 Å². The number of aliphatic hydroxyl groups is 1. The van der Waals surface area contributed by atoms with Crippen LogP contribution < -0.4 is 4.90 Å². The van der Waals surface area contributed by atoms with Gasteiger partial charge in [0.05, 0.1) is 12.7 Å². The van der Waals surface area contributed by atoms with Gasteiger partial charge in [-0.05, 0) is 19.8 Å². The van der Waals surface area contributed by atoms with E-state index >= 15 is 0 Å². The fraction of sp³-hybridized carbons (Fsp3) is 0.727. The molecule has 1 unspecified atom stereocenters. The third-order valence-electron chi connectivity index (χ3n) is 2.80. The SMILES string of the molecule is CCN(CC1CCCO1)c1nc(CO)co1. The lowest BCUT2D eigenvalue weighted by atomic mass is 10.2. The average Bonchev–Trinajstić information content (AvgIpc) is 2.96. The predicted octanol–water partition coefficient (Wildman–Crippen LogP) is 1.17. The molecule has 0 radical (unpaired) electrons. The highest BCUT2D eigenvalue weighted by atomic mass is 16.5. The molecule has 1 N–H and O–H groups in total. The third-order valence-corrected chi connectivity index (χ3v) is 2.80. The molecule has 1 fully saturated rings. The third kappa shape index (κ3) is 2.54. The summed E-state index contributed by atoms with van der Waals surface area (Å²) >= 11 is 0. The molecule has 16 heavy (non-hydrogen) atoms. The first kappa shape index (κ1) is 11.4. The molecule has 1 aliphatic heterocycles. The van der Waals surface area contributed by atoms with Gasteiger partial charge in [-0.3, -0.25) is 0 Å². The fourth-order valence-electron chi connectivity index (χ4n) is 1.89. The maximum Gasteiger partial charge on any atom is 0.297 e. The number of nitrogens with zero attached hydrogens (tertiary/aromatic N) is 2. The highest BCUT2D eigenvalue weighted by Gasteiger charge is 2.21. The molecular formula is C11H18N2O3. The summed E-state index contributed by atoms with van der Waals surface area (Å²) in [5.74, 6) is 0. The van der Waals surface area contributed by atoms with E-state index in [1.54, 1.807) is 0 Å². The van der Waals surface area contributed by atoms with E-state index in [2.05, 4.69) is 11.9 Å². The van der Waals surface area contributed by atoms with Gasteiger partial charge < -0.3 is 19.2 Å². The Balaban J connectivity index is 1.97. The number of hydrogen-bond donors (Lipinski definition) is 1. The van der Waals surface area contributed by atoms with Crippen molar-refractivity contribution >= 4 is 6.01 Å². The van der Waals surface area contributed by atoms with E-state index in [-0.39, 0.29) is 12.7 Å². The first-order valence-corrected chi connectivity index (χ1v) is 5.75. The number of aromatic nitrogens is 1. The highest BCUT2D eigenvalue weighted by molar-refractivity contribution is 5.26. The summed E-state index contributed by atoms with van der Waals surface area (Å²) in [5.41, 5.74) is 0.570. The highest BCUT2D eigenvalue weighted by Crippen LogP contribution is 2.18. The van der Waals surface area contributed by atoms with Crippen LogP contribution in [0.5, 0.6) is 0 Å². The van der Waals surface area contributed by atoms with Gasteiger partial charge >= 0.3 is 0 Å². The summed E-state index contributed by atoms with van der Waals surface area (Å²) in [7, 11) is 0. The Morgan fingerprint density at radius 2 is 2.50 bits per heavy atom. The van der Waals surface area contributed by atoms with Gasteiger partial charge in [0.15, 0.2) is 0 Å². The van der Waals surface area contributed by atoms with Gasteiger partial charge in [-0.1, -0.05) is 0 Å². The van der Waals surface area contributed by atoms with E-state index in [0.29, 0.717) is 11.7 Å². The van der Waals surface area contributed by atoms with Crippen molar-refractivity contribution in [3.05, 3.63) is 12.0 Å². The minimum absolute atomic E-state index is 0.0824.